The number of benzene rings is 1. The van der Waals surface area contributed by atoms with E-state index in [4.69, 9.17) is 9.72 Å². The Balaban J connectivity index is 1.38. The first-order chi connectivity index (χ1) is 17.0. The number of hydrogen-bond donors (Lipinski definition) is 1. The van der Waals surface area contributed by atoms with Crippen LogP contribution < -0.4 is 10.2 Å². The zero-order valence-corrected chi connectivity index (χ0v) is 20.9. The molecule has 0 saturated heterocycles. The average molecular weight is 489 g/mol. The van der Waals surface area contributed by atoms with Crippen LogP contribution in [-0.4, -0.2) is 46.4 Å². The molecule has 1 aromatic carbocycles. The second-order valence-corrected chi connectivity index (χ2v) is 9.65. The molecule has 180 valence electrons. The summed E-state index contributed by atoms with van der Waals surface area (Å²) < 4.78 is 6.99. The van der Waals surface area contributed by atoms with E-state index < -0.39 is 0 Å². The number of anilines is 1. The van der Waals surface area contributed by atoms with Crippen LogP contribution in [0.1, 0.15) is 39.2 Å². The van der Waals surface area contributed by atoms with Crippen LogP contribution in [0.2, 0.25) is 0 Å². The van der Waals surface area contributed by atoms with Gasteiger partial charge in [0.25, 0.3) is 11.9 Å². The Hall–Kier alpha value is -3.56. The Kier molecular flexibility index (Phi) is 6.61. The zero-order chi connectivity index (χ0) is 24.4. The van der Waals surface area contributed by atoms with E-state index >= 15 is 0 Å². The molecule has 0 atom stereocenters. The van der Waals surface area contributed by atoms with Crippen molar-refractivity contribution in [3.8, 4) is 16.5 Å². The quantitative estimate of drug-likeness (QED) is 0.421. The minimum absolute atomic E-state index is 0.205. The zero-order valence-electron chi connectivity index (χ0n) is 20.1. The molecule has 4 heterocycles. The number of thiophene rings is 1. The second-order valence-electron chi connectivity index (χ2n) is 8.70. The van der Waals surface area contributed by atoms with E-state index in [1.807, 2.05) is 24.4 Å². The van der Waals surface area contributed by atoms with E-state index in [1.165, 1.54) is 11.3 Å². The Morgan fingerprint density at radius 3 is 2.94 bits per heavy atom. The first-order valence-electron chi connectivity index (χ1n) is 11.6. The van der Waals surface area contributed by atoms with Crippen molar-refractivity contribution in [3.05, 3.63) is 76.1 Å². The van der Waals surface area contributed by atoms with Gasteiger partial charge in [-0.05, 0) is 54.0 Å². The molecule has 0 bridgehead atoms. The molecule has 1 aliphatic rings. The average Bonchev–Trinajstić information content (AvgIpc) is 3.54. The molecule has 0 aliphatic carbocycles. The molecule has 4 aromatic rings. The number of nitrogens with zero attached hydrogens (tertiary/aromatic N) is 5. The van der Waals surface area contributed by atoms with E-state index in [0.717, 1.165) is 41.1 Å². The fraction of sp³-hybridized carbons (Fsp3) is 0.308. The van der Waals surface area contributed by atoms with Gasteiger partial charge in [-0.25, -0.2) is 9.97 Å². The number of methoxy groups -OCH3 is 1. The molecular weight excluding hydrogens is 460 g/mol. The third-order valence-corrected chi connectivity index (χ3v) is 7.12. The molecule has 0 fully saturated rings. The number of carbonyl (C=O) groups excluding carboxylic acids is 1. The highest BCUT2D eigenvalue weighted by Crippen LogP contribution is 2.28. The molecule has 0 radical (unpaired) electrons. The van der Waals surface area contributed by atoms with E-state index in [9.17, 15) is 4.79 Å². The van der Waals surface area contributed by atoms with Crippen LogP contribution in [0.5, 0.6) is 0 Å². The highest BCUT2D eigenvalue weighted by molar-refractivity contribution is 7.13. The maximum atomic E-state index is 13.1. The standard InChI is InChI=1S/C26H28N6O2S/c1-17-13-28-26(30-24(17)23-7-5-11-35-23)32-22(16-34-3)20(15-29-32)25(33)27-14-18-8-9-21-19(12-18)6-4-10-31(21)2/h5,7-9,11-13,15H,4,6,10,14,16H2,1-3H3,(H,27,33). The van der Waals surface area contributed by atoms with Gasteiger partial charge in [-0.2, -0.15) is 9.78 Å². The maximum absolute atomic E-state index is 13.1. The number of aryl methyl sites for hydroxylation is 2. The van der Waals surface area contributed by atoms with E-state index in [2.05, 4.69) is 45.5 Å². The number of rotatable bonds is 7. The Labute approximate surface area is 208 Å². The van der Waals surface area contributed by atoms with Crippen LogP contribution in [0, 0.1) is 6.92 Å². The van der Waals surface area contributed by atoms with Gasteiger partial charge in [0.15, 0.2) is 0 Å². The SMILES string of the molecule is COCc1c(C(=O)NCc2ccc3c(c2)CCCN3C)cnn1-c1ncc(C)c(-c2cccs2)n1. The summed E-state index contributed by atoms with van der Waals surface area (Å²) in [5.41, 5.74) is 6.57. The fourth-order valence-electron chi connectivity index (χ4n) is 4.44. The Bertz CT molecular complexity index is 1350. The molecule has 0 unspecified atom stereocenters. The highest BCUT2D eigenvalue weighted by atomic mass is 32.1. The van der Waals surface area contributed by atoms with Gasteiger partial charge in [-0.3, -0.25) is 4.79 Å². The maximum Gasteiger partial charge on any atom is 0.255 e. The normalized spacial score (nSPS) is 13.1. The largest absolute Gasteiger partial charge is 0.378 e. The van der Waals surface area contributed by atoms with Gasteiger partial charge < -0.3 is 15.0 Å². The van der Waals surface area contributed by atoms with Crippen molar-refractivity contribution in [1.29, 1.82) is 0 Å². The lowest BCUT2D eigenvalue weighted by Gasteiger charge is -2.27. The van der Waals surface area contributed by atoms with E-state index in [0.29, 0.717) is 23.8 Å². The number of aromatic nitrogens is 4. The third kappa shape index (κ3) is 4.69. The molecule has 0 spiro atoms. The van der Waals surface area contributed by atoms with Crippen LogP contribution in [-0.2, 0) is 24.3 Å². The van der Waals surface area contributed by atoms with Gasteiger partial charge in [0.2, 0.25) is 0 Å². The van der Waals surface area contributed by atoms with Crippen molar-refractivity contribution >= 4 is 22.9 Å². The van der Waals surface area contributed by atoms with Gasteiger partial charge in [0, 0.05) is 39.1 Å². The highest BCUT2D eigenvalue weighted by Gasteiger charge is 2.21. The number of hydrogen-bond acceptors (Lipinski definition) is 7. The van der Waals surface area contributed by atoms with Crippen molar-refractivity contribution in [3.63, 3.8) is 0 Å². The number of amides is 1. The Morgan fingerprint density at radius 1 is 1.26 bits per heavy atom. The van der Waals surface area contributed by atoms with Crippen LogP contribution in [0.3, 0.4) is 0 Å². The second kappa shape index (κ2) is 9.97. The molecule has 8 nitrogen and oxygen atoms in total. The van der Waals surface area contributed by atoms with Crippen molar-refractivity contribution in [2.75, 3.05) is 25.6 Å². The van der Waals surface area contributed by atoms with Gasteiger partial charge in [0.05, 0.1) is 34.6 Å². The smallest absolute Gasteiger partial charge is 0.255 e. The van der Waals surface area contributed by atoms with Crippen LogP contribution in [0.25, 0.3) is 16.5 Å². The summed E-state index contributed by atoms with van der Waals surface area (Å²) in [6.07, 6.45) is 5.55. The molecule has 1 N–H and O–H groups in total. The van der Waals surface area contributed by atoms with Crippen molar-refractivity contribution in [2.45, 2.75) is 32.9 Å². The molecular formula is C26H28N6O2S. The van der Waals surface area contributed by atoms with Crippen molar-refractivity contribution in [1.82, 2.24) is 25.1 Å². The molecule has 3 aromatic heterocycles. The lowest BCUT2D eigenvalue weighted by atomic mass is 9.99. The summed E-state index contributed by atoms with van der Waals surface area (Å²) in [6, 6.07) is 10.4. The van der Waals surface area contributed by atoms with Gasteiger partial charge >= 0.3 is 0 Å². The molecule has 35 heavy (non-hydrogen) atoms. The van der Waals surface area contributed by atoms with Crippen LogP contribution >= 0.6 is 11.3 Å². The lowest BCUT2D eigenvalue weighted by molar-refractivity contribution is 0.0945. The number of nitrogens with one attached hydrogen (secondary N) is 1. The monoisotopic (exact) mass is 488 g/mol. The summed E-state index contributed by atoms with van der Waals surface area (Å²) in [5, 5.41) is 9.50. The van der Waals surface area contributed by atoms with E-state index in [1.54, 1.807) is 35.5 Å². The summed E-state index contributed by atoms with van der Waals surface area (Å²) in [5.74, 6) is 0.202. The summed E-state index contributed by atoms with van der Waals surface area (Å²) >= 11 is 1.62. The van der Waals surface area contributed by atoms with E-state index in [-0.39, 0.29) is 12.5 Å². The summed E-state index contributed by atoms with van der Waals surface area (Å²) in [6.45, 7) is 3.71. The van der Waals surface area contributed by atoms with Crippen LogP contribution in [0.15, 0.2) is 48.1 Å². The Morgan fingerprint density at radius 2 is 2.14 bits per heavy atom. The first kappa shape index (κ1) is 23.2. The third-order valence-electron chi connectivity index (χ3n) is 6.25. The van der Waals surface area contributed by atoms with Gasteiger partial charge in [-0.1, -0.05) is 18.2 Å². The first-order valence-corrected chi connectivity index (χ1v) is 12.5. The van der Waals surface area contributed by atoms with Crippen molar-refractivity contribution < 1.29 is 9.53 Å². The minimum atomic E-state index is -0.205. The van der Waals surface area contributed by atoms with Gasteiger partial charge in [-0.15, -0.1) is 11.3 Å². The summed E-state index contributed by atoms with van der Waals surface area (Å²) in [4.78, 5) is 25.7. The molecule has 9 heteroatoms. The molecule has 1 aliphatic heterocycles. The van der Waals surface area contributed by atoms with Crippen molar-refractivity contribution in [2.24, 2.45) is 0 Å². The number of ether oxygens (including phenoxy) is 1. The summed E-state index contributed by atoms with van der Waals surface area (Å²) in [7, 11) is 3.71. The lowest BCUT2D eigenvalue weighted by Crippen LogP contribution is -2.26. The predicted molar refractivity (Wildman–Crippen MR) is 137 cm³/mol. The predicted octanol–water partition coefficient (Wildman–Crippen LogP) is 4.16. The topological polar surface area (TPSA) is 85.2 Å². The number of carbonyl (C=O) groups is 1. The molecule has 5 rings (SSSR count). The van der Waals surface area contributed by atoms with Crippen LogP contribution in [0.4, 0.5) is 5.69 Å². The fourth-order valence-corrected chi connectivity index (χ4v) is 5.21. The molecule has 0 saturated carbocycles. The minimum Gasteiger partial charge on any atom is -0.378 e. The van der Waals surface area contributed by atoms with Gasteiger partial charge in [0.1, 0.15) is 0 Å². The number of fused-ring (bicyclic) bond motifs is 1. The molecule has 1 amide bonds.